The van der Waals surface area contributed by atoms with Gasteiger partial charge in [0.15, 0.2) is 6.17 Å². The Balaban J connectivity index is 1.70. The van der Waals surface area contributed by atoms with Gasteiger partial charge >= 0.3 is 6.03 Å². The van der Waals surface area contributed by atoms with E-state index in [-0.39, 0.29) is 11.9 Å². The van der Waals surface area contributed by atoms with E-state index in [1.807, 2.05) is 0 Å². The van der Waals surface area contributed by atoms with Crippen molar-refractivity contribution >= 4 is 23.3 Å². The van der Waals surface area contributed by atoms with Gasteiger partial charge in [0.2, 0.25) is 0 Å². The van der Waals surface area contributed by atoms with Gasteiger partial charge in [-0.2, -0.15) is 0 Å². The maximum atomic E-state index is 12.1. The van der Waals surface area contributed by atoms with Gasteiger partial charge in [0.25, 0.3) is 5.91 Å². The molecule has 2 aliphatic heterocycles. The van der Waals surface area contributed by atoms with Crippen molar-refractivity contribution in [3.8, 4) is 0 Å². The Labute approximate surface area is 102 Å². The Kier molecular flexibility index (Phi) is 2.49. The molecule has 1 atom stereocenters. The van der Waals surface area contributed by atoms with E-state index in [9.17, 15) is 9.59 Å². The van der Waals surface area contributed by atoms with Crippen molar-refractivity contribution in [1.29, 1.82) is 0 Å². The summed E-state index contributed by atoms with van der Waals surface area (Å²) in [6.07, 6.45) is 0.245. The smallest absolute Gasteiger partial charge is 0.330 e. The van der Waals surface area contributed by atoms with Gasteiger partial charge in [-0.15, -0.1) is 11.3 Å². The first-order valence-corrected chi connectivity index (χ1v) is 6.28. The molecule has 17 heavy (non-hydrogen) atoms. The molecule has 1 aromatic heterocycles. The van der Waals surface area contributed by atoms with Gasteiger partial charge in [-0.05, 0) is 23.4 Å². The zero-order chi connectivity index (χ0) is 11.8. The number of carbonyl (C=O) groups excluding carboxylic acids is 2. The lowest BCUT2D eigenvalue weighted by molar-refractivity contribution is -0.134. The quantitative estimate of drug-likeness (QED) is 0.647. The minimum atomic E-state index is -0.650. The third-order valence-electron chi connectivity index (χ3n) is 2.97. The summed E-state index contributed by atoms with van der Waals surface area (Å²) in [6, 6.07) is 1.69. The van der Waals surface area contributed by atoms with Crippen LogP contribution in [0.25, 0.3) is 0 Å². The van der Waals surface area contributed by atoms with Gasteiger partial charge < -0.3 is 10.2 Å². The number of hydrogen-bond donors (Lipinski definition) is 3. The zero-order valence-electron chi connectivity index (χ0n) is 9.03. The fourth-order valence-corrected chi connectivity index (χ4v) is 2.97. The predicted molar refractivity (Wildman–Crippen MR) is 62.0 cm³/mol. The Morgan fingerprint density at radius 3 is 3.18 bits per heavy atom. The van der Waals surface area contributed by atoms with E-state index >= 15 is 0 Å². The molecular weight excluding hydrogens is 240 g/mol. The largest absolute Gasteiger partial charge is 0.335 e. The number of nitrogens with zero attached hydrogens (tertiary/aromatic N) is 1. The summed E-state index contributed by atoms with van der Waals surface area (Å²) < 4.78 is 0. The molecule has 0 spiro atoms. The average Bonchev–Trinajstić information content (AvgIpc) is 2.95. The number of thiophene rings is 1. The van der Waals surface area contributed by atoms with Crippen LogP contribution in [0.1, 0.15) is 10.4 Å². The summed E-state index contributed by atoms with van der Waals surface area (Å²) in [4.78, 5) is 26.2. The predicted octanol–water partition coefficient (Wildman–Crippen LogP) is -0.224. The van der Waals surface area contributed by atoms with Gasteiger partial charge in [0.05, 0.1) is 0 Å². The van der Waals surface area contributed by atoms with Crippen molar-refractivity contribution in [3.05, 3.63) is 21.9 Å². The van der Waals surface area contributed by atoms with Gasteiger partial charge in [-0.3, -0.25) is 10.2 Å². The Morgan fingerprint density at radius 1 is 1.53 bits per heavy atom. The number of nitrogens with one attached hydrogen (secondary N) is 3. The second kappa shape index (κ2) is 4.01. The lowest BCUT2D eigenvalue weighted by atomic mass is 10.1. The van der Waals surface area contributed by atoms with E-state index in [0.29, 0.717) is 13.1 Å². The standard InChI is InChI=1S/C10H12N4O2S/c15-9(8-11-10(16)13-12-8)14-3-1-7-6(5-14)2-4-17-7/h2,4,8,12H,1,3,5H2,(H2,11,13,16). The second-order valence-corrected chi connectivity index (χ2v) is 5.06. The van der Waals surface area contributed by atoms with Crippen LogP contribution in [0.15, 0.2) is 11.4 Å². The van der Waals surface area contributed by atoms with E-state index in [1.165, 1.54) is 10.4 Å². The molecule has 1 saturated heterocycles. The third kappa shape index (κ3) is 1.87. The molecule has 0 radical (unpaired) electrons. The molecule has 1 aromatic rings. The molecule has 1 fully saturated rings. The van der Waals surface area contributed by atoms with Gasteiger partial charge in [0, 0.05) is 18.0 Å². The Morgan fingerprint density at radius 2 is 2.41 bits per heavy atom. The molecule has 2 aliphatic rings. The van der Waals surface area contributed by atoms with Gasteiger partial charge in [-0.25, -0.2) is 10.2 Å². The van der Waals surface area contributed by atoms with Crippen molar-refractivity contribution in [2.45, 2.75) is 19.1 Å². The minimum absolute atomic E-state index is 0.0970. The highest BCUT2D eigenvalue weighted by Crippen LogP contribution is 2.24. The molecule has 0 bridgehead atoms. The highest BCUT2D eigenvalue weighted by molar-refractivity contribution is 7.10. The van der Waals surface area contributed by atoms with Crippen molar-refractivity contribution < 1.29 is 9.59 Å². The number of hydrazine groups is 1. The Hall–Kier alpha value is -1.60. The summed E-state index contributed by atoms with van der Waals surface area (Å²) in [6.45, 7) is 1.34. The van der Waals surface area contributed by atoms with Crippen LogP contribution in [-0.2, 0) is 17.8 Å². The number of rotatable bonds is 1. The van der Waals surface area contributed by atoms with Crippen LogP contribution < -0.4 is 16.2 Å². The molecular formula is C10H12N4O2S. The van der Waals surface area contributed by atoms with Crippen LogP contribution in [0.3, 0.4) is 0 Å². The molecule has 3 N–H and O–H groups in total. The highest BCUT2D eigenvalue weighted by Gasteiger charge is 2.31. The van der Waals surface area contributed by atoms with Crippen molar-refractivity contribution in [1.82, 2.24) is 21.1 Å². The SMILES string of the molecule is O=C1NNC(C(=O)N2CCc3sccc3C2)N1. The number of urea groups is 1. The maximum Gasteiger partial charge on any atom is 0.330 e. The summed E-state index contributed by atoms with van der Waals surface area (Å²) in [5.74, 6) is -0.0970. The summed E-state index contributed by atoms with van der Waals surface area (Å²) in [5, 5.41) is 4.57. The number of hydrogen-bond acceptors (Lipinski definition) is 4. The van der Waals surface area contributed by atoms with E-state index in [4.69, 9.17) is 0 Å². The number of carbonyl (C=O) groups is 2. The molecule has 0 saturated carbocycles. The number of amides is 3. The molecule has 0 aromatic carbocycles. The molecule has 3 heterocycles. The molecule has 6 nitrogen and oxygen atoms in total. The fraction of sp³-hybridized carbons (Fsp3) is 0.400. The molecule has 90 valence electrons. The van der Waals surface area contributed by atoms with Crippen LogP contribution in [0.5, 0.6) is 0 Å². The van der Waals surface area contributed by atoms with Crippen LogP contribution in [0.4, 0.5) is 4.79 Å². The first kappa shape index (κ1) is 10.5. The molecule has 3 amide bonds. The summed E-state index contributed by atoms with van der Waals surface area (Å²) in [5.41, 5.74) is 6.19. The van der Waals surface area contributed by atoms with Crippen LogP contribution in [0.2, 0.25) is 0 Å². The zero-order valence-corrected chi connectivity index (χ0v) is 9.84. The van der Waals surface area contributed by atoms with E-state index in [2.05, 4.69) is 27.6 Å². The monoisotopic (exact) mass is 252 g/mol. The highest BCUT2D eigenvalue weighted by atomic mass is 32.1. The first-order chi connectivity index (χ1) is 8.24. The first-order valence-electron chi connectivity index (χ1n) is 5.40. The second-order valence-electron chi connectivity index (χ2n) is 4.05. The van der Waals surface area contributed by atoms with Crippen LogP contribution in [-0.4, -0.2) is 29.5 Å². The summed E-state index contributed by atoms with van der Waals surface area (Å²) >= 11 is 1.74. The van der Waals surface area contributed by atoms with Gasteiger partial charge in [-0.1, -0.05) is 0 Å². The van der Waals surface area contributed by atoms with Crippen molar-refractivity contribution in [3.63, 3.8) is 0 Å². The molecule has 3 rings (SSSR count). The number of fused-ring (bicyclic) bond motifs is 1. The van der Waals surface area contributed by atoms with Crippen LogP contribution in [0, 0.1) is 0 Å². The van der Waals surface area contributed by atoms with E-state index in [0.717, 1.165) is 6.42 Å². The van der Waals surface area contributed by atoms with E-state index in [1.54, 1.807) is 16.2 Å². The Bertz CT molecular complexity index is 473. The normalized spacial score (nSPS) is 22.9. The fourth-order valence-electron chi connectivity index (χ4n) is 2.08. The third-order valence-corrected chi connectivity index (χ3v) is 3.99. The van der Waals surface area contributed by atoms with Crippen LogP contribution >= 0.6 is 11.3 Å². The van der Waals surface area contributed by atoms with Gasteiger partial charge in [0.1, 0.15) is 0 Å². The average molecular weight is 252 g/mol. The van der Waals surface area contributed by atoms with Crippen molar-refractivity contribution in [2.24, 2.45) is 0 Å². The van der Waals surface area contributed by atoms with Crippen molar-refractivity contribution in [2.75, 3.05) is 6.54 Å². The van der Waals surface area contributed by atoms with E-state index < -0.39 is 6.17 Å². The summed E-state index contributed by atoms with van der Waals surface area (Å²) in [7, 11) is 0. The topological polar surface area (TPSA) is 73.5 Å². The lowest BCUT2D eigenvalue weighted by Crippen LogP contribution is -2.50. The minimum Gasteiger partial charge on any atom is -0.335 e. The molecule has 0 aliphatic carbocycles. The molecule has 1 unspecified atom stereocenters. The molecule has 7 heteroatoms. The maximum absolute atomic E-state index is 12.1. The lowest BCUT2D eigenvalue weighted by Gasteiger charge is -2.28.